The van der Waals surface area contributed by atoms with Gasteiger partial charge in [-0.25, -0.2) is 0 Å². The molecule has 186 valence electrons. The molecule has 1 N–H and O–H groups in total. The van der Waals surface area contributed by atoms with Crippen molar-refractivity contribution in [1.29, 1.82) is 0 Å². The third-order valence-corrected chi connectivity index (χ3v) is 11.3. The zero-order valence-corrected chi connectivity index (χ0v) is 22.1. The maximum absolute atomic E-state index is 11.5. The van der Waals surface area contributed by atoms with Crippen molar-refractivity contribution >= 4 is 29.2 Å². The summed E-state index contributed by atoms with van der Waals surface area (Å²) in [7, 11) is 0. The summed E-state index contributed by atoms with van der Waals surface area (Å²) in [5.74, 6) is 3.40. The molecular weight excluding hydrogens is 472 g/mol. The number of rotatable bonds is 5. The summed E-state index contributed by atoms with van der Waals surface area (Å²) in [6, 6.07) is 15.0. The molecular formula is C30H37ClN2OS. The van der Waals surface area contributed by atoms with Crippen molar-refractivity contribution in [3.05, 3.63) is 47.5 Å². The van der Waals surface area contributed by atoms with Crippen LogP contribution >= 0.6 is 23.5 Å². The van der Waals surface area contributed by atoms with E-state index in [2.05, 4.69) is 45.6 Å². The molecule has 5 heteroatoms. The molecule has 2 aromatic carbocycles. The third kappa shape index (κ3) is 4.23. The summed E-state index contributed by atoms with van der Waals surface area (Å²) in [5, 5.41) is 12.3. The van der Waals surface area contributed by atoms with Crippen molar-refractivity contribution in [2.24, 2.45) is 29.1 Å². The SMILES string of the molecule is OC(CN1CCC(CN2Sc3ccccc3-c3ccc(Cl)cc32)CC1)C12CC3CC(CC(C3)C1)C2. The second-order valence-electron chi connectivity index (χ2n) is 12.3. The predicted octanol–water partition coefficient (Wildman–Crippen LogP) is 7.12. The Labute approximate surface area is 219 Å². The summed E-state index contributed by atoms with van der Waals surface area (Å²) in [6.07, 6.45) is 10.5. The minimum Gasteiger partial charge on any atom is -0.391 e. The van der Waals surface area contributed by atoms with Gasteiger partial charge in [-0.05, 0) is 129 Å². The molecule has 0 amide bonds. The van der Waals surface area contributed by atoms with Crippen LogP contribution in [-0.2, 0) is 0 Å². The third-order valence-electron chi connectivity index (χ3n) is 9.97. The monoisotopic (exact) mass is 508 g/mol. The van der Waals surface area contributed by atoms with E-state index in [9.17, 15) is 5.11 Å². The first-order valence-corrected chi connectivity index (χ1v) is 14.9. The minimum absolute atomic E-state index is 0.129. The molecule has 0 spiro atoms. The second-order valence-corrected chi connectivity index (χ2v) is 13.8. The average Bonchev–Trinajstić information content (AvgIpc) is 2.84. The van der Waals surface area contributed by atoms with Gasteiger partial charge in [-0.1, -0.05) is 35.9 Å². The van der Waals surface area contributed by atoms with Crippen molar-refractivity contribution in [1.82, 2.24) is 4.90 Å². The van der Waals surface area contributed by atoms with Gasteiger partial charge in [0.15, 0.2) is 0 Å². The molecule has 35 heavy (non-hydrogen) atoms. The fourth-order valence-corrected chi connectivity index (χ4v) is 9.98. The van der Waals surface area contributed by atoms with Gasteiger partial charge in [-0.3, -0.25) is 0 Å². The van der Waals surface area contributed by atoms with E-state index < -0.39 is 0 Å². The number of hydrogen-bond donors (Lipinski definition) is 1. The lowest BCUT2D eigenvalue weighted by atomic mass is 9.48. The number of nitrogens with zero attached hydrogens (tertiary/aromatic N) is 2. The van der Waals surface area contributed by atoms with Gasteiger partial charge in [0.05, 0.1) is 11.8 Å². The lowest BCUT2D eigenvalue weighted by Crippen LogP contribution is -2.55. The number of piperidine rings is 1. The van der Waals surface area contributed by atoms with E-state index in [0.29, 0.717) is 5.92 Å². The van der Waals surface area contributed by atoms with Gasteiger partial charge >= 0.3 is 0 Å². The highest BCUT2D eigenvalue weighted by molar-refractivity contribution is 8.01. The Balaban J connectivity index is 0.990. The van der Waals surface area contributed by atoms with Gasteiger partial charge in [0.1, 0.15) is 0 Å². The van der Waals surface area contributed by atoms with Crippen LogP contribution in [-0.4, -0.2) is 42.3 Å². The summed E-state index contributed by atoms with van der Waals surface area (Å²) in [5.41, 5.74) is 4.10. The van der Waals surface area contributed by atoms with Crippen LogP contribution in [0.3, 0.4) is 0 Å². The Bertz CT molecular complexity index is 1060. The molecule has 1 atom stereocenters. The van der Waals surface area contributed by atoms with Crippen LogP contribution in [0.15, 0.2) is 47.4 Å². The van der Waals surface area contributed by atoms with E-state index >= 15 is 0 Å². The summed E-state index contributed by atoms with van der Waals surface area (Å²) in [4.78, 5) is 3.90. The number of benzene rings is 2. The van der Waals surface area contributed by atoms with Crippen LogP contribution in [0, 0.1) is 29.1 Å². The maximum atomic E-state index is 11.5. The Kier molecular flexibility index (Phi) is 5.89. The zero-order chi connectivity index (χ0) is 23.6. The minimum atomic E-state index is -0.129. The van der Waals surface area contributed by atoms with E-state index in [1.54, 1.807) is 0 Å². The van der Waals surface area contributed by atoms with Crippen LogP contribution in [0.5, 0.6) is 0 Å². The molecule has 6 aliphatic rings. The number of β-amino-alcohol motifs (C(OH)–C–C–N with tert-alkyl or cyclic N) is 1. The number of aliphatic hydroxyl groups excluding tert-OH is 1. The van der Waals surface area contributed by atoms with Crippen LogP contribution in [0.1, 0.15) is 51.4 Å². The maximum Gasteiger partial charge on any atom is 0.0723 e. The number of halogens is 1. The molecule has 2 aliphatic heterocycles. The van der Waals surface area contributed by atoms with Gasteiger partial charge in [-0.15, -0.1) is 0 Å². The van der Waals surface area contributed by atoms with Crippen LogP contribution in [0.2, 0.25) is 5.02 Å². The first-order chi connectivity index (χ1) is 17.0. The highest BCUT2D eigenvalue weighted by Gasteiger charge is 2.54. The largest absolute Gasteiger partial charge is 0.391 e. The van der Waals surface area contributed by atoms with Crippen LogP contribution in [0.25, 0.3) is 11.1 Å². The lowest BCUT2D eigenvalue weighted by molar-refractivity contribution is -0.127. The Morgan fingerprint density at radius 3 is 2.34 bits per heavy atom. The number of fused-ring (bicyclic) bond motifs is 3. The van der Waals surface area contributed by atoms with E-state index in [0.717, 1.165) is 49.0 Å². The molecule has 2 aromatic rings. The molecule has 4 saturated carbocycles. The van der Waals surface area contributed by atoms with Crippen molar-refractivity contribution in [2.45, 2.75) is 62.4 Å². The quantitative estimate of drug-likeness (QED) is 0.435. The van der Waals surface area contributed by atoms with E-state index in [1.165, 1.54) is 73.1 Å². The molecule has 5 fully saturated rings. The van der Waals surface area contributed by atoms with E-state index in [-0.39, 0.29) is 11.5 Å². The first kappa shape index (κ1) is 23.0. The van der Waals surface area contributed by atoms with Crippen molar-refractivity contribution in [3.63, 3.8) is 0 Å². The molecule has 1 saturated heterocycles. The first-order valence-electron chi connectivity index (χ1n) is 13.8. The molecule has 2 heterocycles. The van der Waals surface area contributed by atoms with Crippen molar-refractivity contribution in [2.75, 3.05) is 30.5 Å². The normalized spacial score (nSPS) is 33.0. The van der Waals surface area contributed by atoms with E-state index in [1.807, 2.05) is 18.0 Å². The number of hydrogen-bond acceptors (Lipinski definition) is 4. The summed E-state index contributed by atoms with van der Waals surface area (Å²) >= 11 is 8.29. The van der Waals surface area contributed by atoms with Gasteiger partial charge < -0.3 is 14.3 Å². The van der Waals surface area contributed by atoms with Gasteiger partial charge in [-0.2, -0.15) is 0 Å². The lowest BCUT2D eigenvalue weighted by Gasteiger charge is -2.59. The van der Waals surface area contributed by atoms with Crippen LogP contribution < -0.4 is 4.31 Å². The van der Waals surface area contributed by atoms with Gasteiger partial charge in [0.2, 0.25) is 0 Å². The van der Waals surface area contributed by atoms with Crippen LogP contribution in [0.4, 0.5) is 5.69 Å². The van der Waals surface area contributed by atoms with E-state index in [4.69, 9.17) is 11.6 Å². The topological polar surface area (TPSA) is 26.7 Å². The van der Waals surface area contributed by atoms with Gasteiger partial charge in [0.25, 0.3) is 0 Å². The fraction of sp³-hybridized carbons (Fsp3) is 0.600. The summed E-state index contributed by atoms with van der Waals surface area (Å²) < 4.78 is 2.48. The van der Waals surface area contributed by atoms with Crippen molar-refractivity contribution < 1.29 is 5.11 Å². The average molecular weight is 509 g/mol. The molecule has 8 rings (SSSR count). The Morgan fingerprint density at radius 2 is 1.63 bits per heavy atom. The smallest absolute Gasteiger partial charge is 0.0723 e. The predicted molar refractivity (Wildman–Crippen MR) is 146 cm³/mol. The van der Waals surface area contributed by atoms with Gasteiger partial charge in [0, 0.05) is 28.6 Å². The number of likely N-dealkylation sites (tertiary alicyclic amines) is 1. The number of aliphatic hydroxyl groups is 1. The highest BCUT2D eigenvalue weighted by Crippen LogP contribution is 2.61. The molecule has 0 radical (unpaired) electrons. The number of anilines is 1. The zero-order valence-electron chi connectivity index (χ0n) is 20.5. The Hall–Kier alpha value is -1.20. The molecule has 0 aromatic heterocycles. The molecule has 3 nitrogen and oxygen atoms in total. The molecule has 4 aliphatic carbocycles. The summed E-state index contributed by atoms with van der Waals surface area (Å²) in [6.45, 7) is 4.18. The highest BCUT2D eigenvalue weighted by atomic mass is 35.5. The fourth-order valence-electron chi connectivity index (χ4n) is 8.62. The molecule has 1 unspecified atom stereocenters. The molecule has 4 bridgehead atoms. The standard InChI is InChI=1S/C30H37ClN2OS/c31-24-5-6-25-26-3-1-2-4-28(26)35-33(27(25)14-24)18-20-7-9-32(10-8-20)19-29(34)30-15-21-11-22(16-30)13-23(12-21)17-30/h1-6,14,20-23,29,34H,7-13,15-19H2. The van der Waals surface area contributed by atoms with Crippen molar-refractivity contribution in [3.8, 4) is 11.1 Å². The Morgan fingerprint density at radius 1 is 0.943 bits per heavy atom. The second kappa shape index (κ2) is 8.97.